The fourth-order valence-corrected chi connectivity index (χ4v) is 3.09. The predicted molar refractivity (Wildman–Crippen MR) is 123 cm³/mol. The smallest absolute Gasteiger partial charge is 0.306 e. The summed E-state index contributed by atoms with van der Waals surface area (Å²) in [5, 5.41) is 20.0. The van der Waals surface area contributed by atoms with Gasteiger partial charge in [0.05, 0.1) is 27.2 Å². The fourth-order valence-electron chi connectivity index (χ4n) is 3.09. The number of unbranched alkanes of at least 4 members (excludes halogenated alkanes) is 5. The van der Waals surface area contributed by atoms with Crippen molar-refractivity contribution in [2.24, 2.45) is 0 Å². The van der Waals surface area contributed by atoms with Crippen LogP contribution < -0.4 is 5.11 Å². The average molecular weight is 438 g/mol. The Morgan fingerprint density at radius 3 is 2.13 bits per heavy atom. The van der Waals surface area contributed by atoms with Crippen LogP contribution in [-0.2, 0) is 14.3 Å². The molecular formula is C25H43NO5. The van der Waals surface area contributed by atoms with E-state index < -0.39 is 12.1 Å². The van der Waals surface area contributed by atoms with Crippen molar-refractivity contribution >= 4 is 11.9 Å². The van der Waals surface area contributed by atoms with Crippen LogP contribution in [0.15, 0.2) is 36.5 Å². The molecule has 0 aromatic carbocycles. The number of likely N-dealkylation sites (N-methyl/N-ethyl adjacent to an activating group) is 1. The zero-order valence-electron chi connectivity index (χ0n) is 19.9. The van der Waals surface area contributed by atoms with Gasteiger partial charge in [-0.3, -0.25) is 4.79 Å². The minimum absolute atomic E-state index is 0.259. The molecule has 0 aliphatic heterocycles. The Morgan fingerprint density at radius 2 is 1.52 bits per heavy atom. The van der Waals surface area contributed by atoms with Gasteiger partial charge in [-0.15, -0.1) is 0 Å². The quantitative estimate of drug-likeness (QED) is 0.154. The van der Waals surface area contributed by atoms with E-state index in [1.165, 1.54) is 0 Å². The van der Waals surface area contributed by atoms with E-state index in [4.69, 9.17) is 9.84 Å². The molecule has 0 spiro atoms. The number of quaternary nitrogens is 1. The summed E-state index contributed by atoms with van der Waals surface area (Å²) in [5.74, 6) is -1.52. The number of carbonyl (C=O) groups is 2. The van der Waals surface area contributed by atoms with E-state index in [1.54, 1.807) is 13.0 Å². The number of allylic oxidation sites excluding steroid dienone is 5. The molecule has 0 amide bonds. The highest BCUT2D eigenvalue weighted by molar-refractivity contribution is 5.70. The van der Waals surface area contributed by atoms with Crippen LogP contribution in [0.1, 0.15) is 71.1 Å². The molecule has 0 aromatic rings. The summed E-state index contributed by atoms with van der Waals surface area (Å²) in [6.45, 7) is 2.19. The second kappa shape index (κ2) is 17.7. The first kappa shape index (κ1) is 29.1. The number of esters is 1. The summed E-state index contributed by atoms with van der Waals surface area (Å²) in [6, 6.07) is 0. The molecule has 178 valence electrons. The number of aliphatic carboxylic acids is 1. The highest BCUT2D eigenvalue weighted by Gasteiger charge is 2.22. The molecule has 6 nitrogen and oxygen atoms in total. The van der Waals surface area contributed by atoms with Crippen LogP contribution in [0.4, 0.5) is 0 Å². The third kappa shape index (κ3) is 22.6. The molecule has 0 aliphatic carbocycles. The van der Waals surface area contributed by atoms with Gasteiger partial charge >= 0.3 is 5.97 Å². The maximum atomic E-state index is 12.0. The third-order valence-corrected chi connectivity index (χ3v) is 4.49. The zero-order chi connectivity index (χ0) is 23.5. The number of rotatable bonds is 18. The molecule has 0 bridgehead atoms. The van der Waals surface area contributed by atoms with Crippen molar-refractivity contribution in [2.75, 3.05) is 27.7 Å². The lowest BCUT2D eigenvalue weighted by atomic mass is 10.1. The monoisotopic (exact) mass is 437 g/mol. The van der Waals surface area contributed by atoms with Gasteiger partial charge in [-0.2, -0.15) is 0 Å². The third-order valence-electron chi connectivity index (χ3n) is 4.49. The highest BCUT2D eigenvalue weighted by atomic mass is 16.5. The summed E-state index contributed by atoms with van der Waals surface area (Å²) < 4.78 is 5.88. The number of carboxylic acid groups (broad SMARTS) is 1. The molecule has 6 heteroatoms. The Labute approximate surface area is 188 Å². The Kier molecular flexibility index (Phi) is 16.6. The van der Waals surface area contributed by atoms with Gasteiger partial charge in [0.1, 0.15) is 6.54 Å². The molecule has 1 N–H and O–H groups in total. The van der Waals surface area contributed by atoms with E-state index in [9.17, 15) is 14.7 Å². The van der Waals surface area contributed by atoms with Crippen LogP contribution in [0.5, 0.6) is 0 Å². The topological polar surface area (TPSA) is 86.7 Å². The Morgan fingerprint density at radius 1 is 0.935 bits per heavy atom. The molecule has 31 heavy (non-hydrogen) atoms. The Hall–Kier alpha value is -1.92. The van der Waals surface area contributed by atoms with Crippen molar-refractivity contribution in [1.29, 1.82) is 0 Å². The maximum Gasteiger partial charge on any atom is 0.306 e. The summed E-state index contributed by atoms with van der Waals surface area (Å²) >= 11 is 0. The van der Waals surface area contributed by atoms with Gasteiger partial charge in [0.2, 0.25) is 0 Å². The summed E-state index contributed by atoms with van der Waals surface area (Å²) in [5.41, 5.74) is 0. The average Bonchev–Trinajstić information content (AvgIpc) is 2.62. The molecule has 0 radical (unpaired) electrons. The van der Waals surface area contributed by atoms with Crippen molar-refractivity contribution in [2.45, 2.75) is 83.3 Å². The predicted octanol–water partition coefficient (Wildman–Crippen LogP) is 3.30. The summed E-state index contributed by atoms with van der Waals surface area (Å²) in [6.07, 6.45) is 19.3. The van der Waals surface area contributed by atoms with E-state index in [2.05, 4.69) is 24.3 Å². The lowest BCUT2D eigenvalue weighted by Crippen LogP contribution is -2.45. The Balaban J connectivity index is 3.75. The second-order valence-corrected chi connectivity index (χ2v) is 9.05. The molecular weight excluding hydrogens is 394 g/mol. The molecule has 0 aromatic heterocycles. The molecule has 0 rings (SSSR count). The first-order chi connectivity index (χ1) is 14.6. The number of hydrogen-bond donors (Lipinski definition) is 1. The molecule has 0 heterocycles. The van der Waals surface area contributed by atoms with Crippen LogP contribution >= 0.6 is 0 Å². The van der Waals surface area contributed by atoms with Crippen molar-refractivity contribution in [3.63, 3.8) is 0 Å². The van der Waals surface area contributed by atoms with E-state index in [1.807, 2.05) is 27.2 Å². The zero-order valence-corrected chi connectivity index (χ0v) is 19.9. The van der Waals surface area contributed by atoms with E-state index in [-0.39, 0.29) is 18.5 Å². The van der Waals surface area contributed by atoms with Crippen molar-refractivity contribution < 1.29 is 29.0 Å². The number of carboxylic acids is 1. The van der Waals surface area contributed by atoms with Crippen LogP contribution in [0, 0.1) is 0 Å². The van der Waals surface area contributed by atoms with Crippen LogP contribution in [0.3, 0.4) is 0 Å². The fraction of sp³-hybridized carbons (Fsp3) is 0.680. The number of aliphatic hydroxyl groups excluding tert-OH is 1. The highest BCUT2D eigenvalue weighted by Crippen LogP contribution is 2.11. The number of ether oxygens (including phenoxy) is 1. The van der Waals surface area contributed by atoms with Crippen LogP contribution in [-0.4, -0.2) is 61.4 Å². The molecule has 2 atom stereocenters. The van der Waals surface area contributed by atoms with Crippen LogP contribution in [0.25, 0.3) is 0 Å². The SMILES string of the molecule is CC(O)/C=C/C/C=C/C/C=C/CCCCCCCC(=O)OC(CC(=O)[O-])C[N+](C)(C)C. The molecule has 0 aliphatic rings. The van der Waals surface area contributed by atoms with Gasteiger partial charge in [0.25, 0.3) is 0 Å². The van der Waals surface area contributed by atoms with Gasteiger partial charge in [-0.1, -0.05) is 55.7 Å². The summed E-state index contributed by atoms with van der Waals surface area (Å²) in [7, 11) is 5.79. The van der Waals surface area contributed by atoms with Gasteiger partial charge in [0.15, 0.2) is 6.10 Å². The Bertz CT molecular complexity index is 573. The number of aliphatic hydroxyl groups is 1. The van der Waals surface area contributed by atoms with Crippen molar-refractivity contribution in [3.05, 3.63) is 36.5 Å². The van der Waals surface area contributed by atoms with Crippen molar-refractivity contribution in [3.8, 4) is 0 Å². The van der Waals surface area contributed by atoms with Gasteiger partial charge in [-0.25, -0.2) is 0 Å². The lowest BCUT2D eigenvalue weighted by Gasteiger charge is -2.29. The normalized spacial score (nSPS) is 14.5. The molecule has 0 saturated heterocycles. The van der Waals surface area contributed by atoms with Gasteiger partial charge < -0.3 is 24.2 Å². The number of nitrogens with zero attached hydrogens (tertiary/aromatic N) is 1. The number of carbonyl (C=O) groups excluding carboxylic acids is 2. The second-order valence-electron chi connectivity index (χ2n) is 9.05. The number of hydrogen-bond acceptors (Lipinski definition) is 5. The minimum atomic E-state index is -1.19. The van der Waals surface area contributed by atoms with Gasteiger partial charge in [0, 0.05) is 18.8 Å². The first-order valence-corrected chi connectivity index (χ1v) is 11.4. The molecule has 0 fully saturated rings. The van der Waals surface area contributed by atoms with E-state index in [0.717, 1.165) is 51.4 Å². The largest absolute Gasteiger partial charge is 0.550 e. The van der Waals surface area contributed by atoms with Crippen molar-refractivity contribution in [1.82, 2.24) is 0 Å². The molecule has 2 unspecified atom stereocenters. The molecule has 0 saturated carbocycles. The standard InChI is InChI=1S/C25H43NO5/c1-22(27)18-16-14-12-10-8-6-5-7-9-11-13-15-17-19-25(30)31-23(20-24(28)29)21-26(2,3)4/h5-6,10,12,16,18,22-23,27H,7-9,11,13-15,17,19-21H2,1-4H3/b6-5+,12-10+,18-16+. The lowest BCUT2D eigenvalue weighted by molar-refractivity contribution is -0.873. The first-order valence-electron chi connectivity index (χ1n) is 11.4. The van der Waals surface area contributed by atoms with E-state index >= 15 is 0 Å². The summed E-state index contributed by atoms with van der Waals surface area (Å²) in [4.78, 5) is 22.9. The van der Waals surface area contributed by atoms with Gasteiger partial charge in [-0.05, 0) is 39.0 Å². The minimum Gasteiger partial charge on any atom is -0.550 e. The maximum absolute atomic E-state index is 12.0. The van der Waals surface area contributed by atoms with E-state index in [0.29, 0.717) is 17.4 Å². The van der Waals surface area contributed by atoms with Crippen LogP contribution in [0.2, 0.25) is 0 Å².